The summed E-state index contributed by atoms with van der Waals surface area (Å²) in [7, 11) is 0. The molecule has 4 heteroatoms. The molecule has 2 fully saturated rings. The highest BCUT2D eigenvalue weighted by molar-refractivity contribution is 5.66. The summed E-state index contributed by atoms with van der Waals surface area (Å²) in [5, 5.41) is 0. The van der Waals surface area contributed by atoms with Crippen LogP contribution in [0.2, 0.25) is 0 Å². The van der Waals surface area contributed by atoms with Crippen LogP contribution in [0.5, 0.6) is 5.75 Å². The Hall–Kier alpha value is -2.75. The minimum absolute atomic E-state index is 0.0553. The third-order valence-corrected chi connectivity index (χ3v) is 8.69. The van der Waals surface area contributed by atoms with E-state index in [0.717, 1.165) is 53.9 Å². The van der Waals surface area contributed by atoms with Crippen LogP contribution in [0.15, 0.2) is 60.7 Å². The molecule has 0 heterocycles. The van der Waals surface area contributed by atoms with Crippen molar-refractivity contribution in [2.45, 2.75) is 77.2 Å². The van der Waals surface area contributed by atoms with E-state index in [2.05, 4.69) is 6.92 Å². The first-order chi connectivity index (χ1) is 18.0. The molecule has 0 N–H and O–H groups in total. The molecule has 3 aromatic carbocycles. The molecule has 5 rings (SSSR count). The minimum atomic E-state index is -0.831. The lowest BCUT2D eigenvalue weighted by Gasteiger charge is -2.42. The Morgan fingerprint density at radius 2 is 1.51 bits per heavy atom. The van der Waals surface area contributed by atoms with Crippen LogP contribution >= 0.6 is 0 Å². The number of ether oxygens (including phenoxy) is 1. The predicted octanol–water partition coefficient (Wildman–Crippen LogP) is 9.84. The zero-order valence-corrected chi connectivity index (χ0v) is 21.7. The average molecular weight is 507 g/mol. The van der Waals surface area contributed by atoms with Gasteiger partial charge in [0.05, 0.1) is 0 Å². The van der Waals surface area contributed by atoms with Gasteiger partial charge in [-0.2, -0.15) is 0 Å². The predicted molar refractivity (Wildman–Crippen MR) is 143 cm³/mol. The Balaban J connectivity index is 1.25. The second-order valence-corrected chi connectivity index (χ2v) is 11.1. The molecule has 196 valence electrons. The van der Waals surface area contributed by atoms with Crippen LogP contribution in [-0.2, 0) is 6.61 Å². The lowest BCUT2D eigenvalue weighted by atomic mass is 9.63. The van der Waals surface area contributed by atoms with Crippen molar-refractivity contribution in [1.82, 2.24) is 0 Å². The van der Waals surface area contributed by atoms with Gasteiger partial charge in [0, 0.05) is 5.56 Å². The summed E-state index contributed by atoms with van der Waals surface area (Å²) in [5.41, 5.74) is 2.21. The number of hydrogen-bond acceptors (Lipinski definition) is 1. The summed E-state index contributed by atoms with van der Waals surface area (Å²) in [5.74, 6) is 0.287. The zero-order valence-electron chi connectivity index (χ0n) is 21.7. The van der Waals surface area contributed by atoms with Gasteiger partial charge in [0.2, 0.25) is 0 Å². The van der Waals surface area contributed by atoms with E-state index in [9.17, 15) is 8.78 Å². The summed E-state index contributed by atoms with van der Waals surface area (Å²) in [6.45, 7) is 2.32. The van der Waals surface area contributed by atoms with Crippen molar-refractivity contribution in [3.05, 3.63) is 89.2 Å². The third-order valence-electron chi connectivity index (χ3n) is 8.69. The van der Waals surface area contributed by atoms with Crippen LogP contribution in [0.4, 0.5) is 13.2 Å². The van der Waals surface area contributed by atoms with Crippen molar-refractivity contribution in [2.24, 2.45) is 17.8 Å². The molecule has 3 aromatic rings. The quantitative estimate of drug-likeness (QED) is 0.295. The number of rotatable bonds is 8. The Labute approximate surface area is 219 Å². The monoisotopic (exact) mass is 506 g/mol. The summed E-state index contributed by atoms with van der Waals surface area (Å²) >= 11 is 0. The van der Waals surface area contributed by atoms with Gasteiger partial charge in [-0.05, 0) is 90.7 Å². The molecule has 1 nitrogen and oxygen atoms in total. The minimum Gasteiger partial charge on any atom is -0.483 e. The second kappa shape index (κ2) is 11.8. The fourth-order valence-electron chi connectivity index (χ4n) is 6.65. The van der Waals surface area contributed by atoms with Gasteiger partial charge in [-0.15, -0.1) is 0 Å². The van der Waals surface area contributed by atoms with Gasteiger partial charge in [-0.25, -0.2) is 13.2 Å². The van der Waals surface area contributed by atoms with E-state index in [1.807, 2.05) is 36.4 Å². The lowest BCUT2D eigenvalue weighted by Crippen LogP contribution is -2.30. The summed E-state index contributed by atoms with van der Waals surface area (Å²) in [4.78, 5) is 0. The summed E-state index contributed by atoms with van der Waals surface area (Å²) in [6, 6.07) is 16.7. The van der Waals surface area contributed by atoms with Gasteiger partial charge in [0.1, 0.15) is 12.4 Å². The van der Waals surface area contributed by atoms with Gasteiger partial charge in [0.15, 0.2) is 17.4 Å². The maximum absolute atomic E-state index is 15.3. The van der Waals surface area contributed by atoms with Crippen LogP contribution in [0.1, 0.15) is 81.8 Å². The van der Waals surface area contributed by atoms with Crippen LogP contribution in [0, 0.1) is 35.2 Å². The fourth-order valence-corrected chi connectivity index (χ4v) is 6.65. The highest BCUT2D eigenvalue weighted by Gasteiger charge is 2.36. The van der Waals surface area contributed by atoms with E-state index in [4.69, 9.17) is 4.74 Å². The van der Waals surface area contributed by atoms with E-state index >= 15 is 4.39 Å². The number of benzene rings is 3. The number of unbranched alkanes of at least 4 members (excludes halogenated alkanes) is 1. The van der Waals surface area contributed by atoms with Crippen molar-refractivity contribution in [3.63, 3.8) is 0 Å². The van der Waals surface area contributed by atoms with Gasteiger partial charge in [-0.1, -0.05) is 75.1 Å². The molecular formula is C33H37F3O. The smallest absolute Gasteiger partial charge is 0.191 e. The number of halogens is 3. The van der Waals surface area contributed by atoms with Crippen molar-refractivity contribution in [2.75, 3.05) is 0 Å². The molecule has 4 atom stereocenters. The standard InChI is InChI=1S/C33H37F3O/c1-2-3-7-22-10-11-25-17-26(13-12-24(25)16-22)27-14-15-29(30(34)18-27)28-19-31(35)33(32(36)20-28)37-21-23-8-5-4-6-9-23/h4-6,8-9,14-15,18-20,22,24-26H,2-3,7,10-13,16-17,21H2,1H3/t22?,24-,25-,26-/m1/s1. The maximum atomic E-state index is 15.3. The topological polar surface area (TPSA) is 9.23 Å². The van der Waals surface area contributed by atoms with Crippen molar-refractivity contribution < 1.29 is 17.9 Å². The van der Waals surface area contributed by atoms with Crippen LogP contribution in [0.3, 0.4) is 0 Å². The molecule has 1 unspecified atom stereocenters. The highest BCUT2D eigenvalue weighted by atomic mass is 19.1. The normalized spacial score (nSPS) is 23.5. The Kier molecular flexibility index (Phi) is 8.22. The molecule has 2 aliphatic rings. The van der Waals surface area contributed by atoms with Crippen molar-refractivity contribution in [3.8, 4) is 16.9 Å². The largest absolute Gasteiger partial charge is 0.483 e. The molecular weight excluding hydrogens is 469 g/mol. The molecule has 0 amide bonds. The Morgan fingerprint density at radius 3 is 2.24 bits per heavy atom. The van der Waals surface area contributed by atoms with Gasteiger partial charge in [0.25, 0.3) is 0 Å². The van der Waals surface area contributed by atoms with Crippen LogP contribution < -0.4 is 4.74 Å². The Morgan fingerprint density at radius 1 is 0.784 bits per heavy atom. The van der Waals surface area contributed by atoms with Gasteiger partial charge >= 0.3 is 0 Å². The zero-order chi connectivity index (χ0) is 25.8. The fraction of sp³-hybridized carbons (Fsp3) is 0.455. The third kappa shape index (κ3) is 6.05. The van der Waals surface area contributed by atoms with E-state index < -0.39 is 23.2 Å². The number of hydrogen-bond donors (Lipinski definition) is 0. The lowest BCUT2D eigenvalue weighted by molar-refractivity contribution is 0.113. The molecule has 2 saturated carbocycles. The van der Waals surface area contributed by atoms with E-state index in [0.29, 0.717) is 5.92 Å². The molecule has 0 bridgehead atoms. The summed E-state index contributed by atoms with van der Waals surface area (Å²) < 4.78 is 50.2. The first-order valence-corrected chi connectivity index (χ1v) is 14.0. The Bertz CT molecular complexity index is 1170. The second-order valence-electron chi connectivity index (χ2n) is 11.1. The van der Waals surface area contributed by atoms with E-state index in [1.54, 1.807) is 12.1 Å². The van der Waals surface area contributed by atoms with E-state index in [1.165, 1.54) is 44.9 Å². The molecule has 0 aliphatic heterocycles. The summed E-state index contributed by atoms with van der Waals surface area (Å²) in [6.07, 6.45) is 11.4. The maximum Gasteiger partial charge on any atom is 0.191 e. The molecule has 37 heavy (non-hydrogen) atoms. The molecule has 0 radical (unpaired) electrons. The van der Waals surface area contributed by atoms with Crippen LogP contribution in [-0.4, -0.2) is 0 Å². The first-order valence-electron chi connectivity index (χ1n) is 14.0. The molecule has 0 saturated heterocycles. The highest BCUT2D eigenvalue weighted by Crippen LogP contribution is 2.48. The van der Waals surface area contributed by atoms with Crippen molar-refractivity contribution >= 4 is 0 Å². The molecule has 0 spiro atoms. The molecule has 2 aliphatic carbocycles. The van der Waals surface area contributed by atoms with Gasteiger partial charge < -0.3 is 4.74 Å². The molecule has 0 aromatic heterocycles. The number of fused-ring (bicyclic) bond motifs is 1. The van der Waals surface area contributed by atoms with Crippen LogP contribution in [0.25, 0.3) is 11.1 Å². The SMILES string of the molecule is CCCCC1CC[C@@H]2C[C@H](c3ccc(-c4cc(F)c(OCc5ccccc5)c(F)c4)c(F)c3)CC[C@@H]2C1. The average Bonchev–Trinajstić information content (AvgIpc) is 2.91. The first kappa shape index (κ1) is 25.9. The van der Waals surface area contributed by atoms with Gasteiger partial charge in [-0.3, -0.25) is 0 Å². The van der Waals surface area contributed by atoms with Crippen molar-refractivity contribution in [1.29, 1.82) is 0 Å². The van der Waals surface area contributed by atoms with E-state index in [-0.39, 0.29) is 17.7 Å².